The van der Waals surface area contributed by atoms with Crippen molar-refractivity contribution < 1.29 is 13.9 Å². The van der Waals surface area contributed by atoms with E-state index >= 15 is 0 Å². The van der Waals surface area contributed by atoms with Gasteiger partial charge in [0.2, 0.25) is 0 Å². The molecule has 2 nitrogen and oxygen atoms in total. The maximum atomic E-state index is 12.2. The second-order valence-electron chi connectivity index (χ2n) is 2.86. The molecule has 0 N–H and O–H groups in total. The molecular formula is C11H13FO2. The summed E-state index contributed by atoms with van der Waals surface area (Å²) < 4.78 is 22.2. The van der Waals surface area contributed by atoms with Crippen LogP contribution in [0.4, 0.5) is 4.39 Å². The molecule has 0 saturated carbocycles. The van der Waals surface area contributed by atoms with Gasteiger partial charge in [0, 0.05) is 0 Å². The molecule has 0 atom stereocenters. The first-order chi connectivity index (χ1) is 6.72. The average Bonchev–Trinajstić information content (AvgIpc) is 2.18. The fraction of sp³-hybridized carbons (Fsp3) is 0.273. The molecule has 3 heteroatoms. The highest BCUT2D eigenvalue weighted by Crippen LogP contribution is 2.12. The smallest absolute Gasteiger partial charge is 0.118 e. The first-order valence-electron chi connectivity index (χ1n) is 4.26. The van der Waals surface area contributed by atoms with Crippen LogP contribution in [0, 0.1) is 0 Å². The van der Waals surface area contributed by atoms with E-state index in [4.69, 9.17) is 9.47 Å². The first-order valence-corrected chi connectivity index (χ1v) is 4.26. The van der Waals surface area contributed by atoms with Crippen LogP contribution in [0.15, 0.2) is 36.7 Å². The van der Waals surface area contributed by atoms with E-state index in [-0.39, 0.29) is 6.61 Å². The number of rotatable bonds is 5. The molecule has 1 aromatic carbocycles. The number of methoxy groups -OCH3 is 1. The van der Waals surface area contributed by atoms with Crippen molar-refractivity contribution in [1.82, 2.24) is 0 Å². The summed E-state index contributed by atoms with van der Waals surface area (Å²) in [4.78, 5) is 0. The average molecular weight is 196 g/mol. The van der Waals surface area contributed by atoms with Crippen molar-refractivity contribution in [1.29, 1.82) is 0 Å². The van der Waals surface area contributed by atoms with Crippen molar-refractivity contribution in [2.45, 2.75) is 6.61 Å². The predicted octanol–water partition coefficient (Wildman–Crippen LogP) is 2.70. The molecule has 0 aliphatic rings. The molecule has 0 unspecified atom stereocenters. The molecule has 0 saturated heterocycles. The minimum Gasteiger partial charge on any atom is -0.497 e. The Morgan fingerprint density at radius 3 is 2.50 bits per heavy atom. The quantitative estimate of drug-likeness (QED) is 0.720. The summed E-state index contributed by atoms with van der Waals surface area (Å²) in [5.41, 5.74) is 0.979. The van der Waals surface area contributed by atoms with Gasteiger partial charge in [0.1, 0.15) is 11.6 Å². The zero-order chi connectivity index (χ0) is 10.4. The minimum atomic E-state index is -0.460. The van der Waals surface area contributed by atoms with Gasteiger partial charge in [-0.05, 0) is 17.7 Å². The molecule has 14 heavy (non-hydrogen) atoms. The summed E-state index contributed by atoms with van der Waals surface area (Å²) in [5.74, 6) is 0.335. The van der Waals surface area contributed by atoms with Gasteiger partial charge >= 0.3 is 0 Å². The molecule has 0 amide bonds. The van der Waals surface area contributed by atoms with Gasteiger partial charge in [-0.1, -0.05) is 18.7 Å². The number of ether oxygens (including phenoxy) is 2. The van der Waals surface area contributed by atoms with Gasteiger partial charge in [0.25, 0.3) is 0 Å². The van der Waals surface area contributed by atoms with Crippen LogP contribution in [-0.4, -0.2) is 13.7 Å². The fourth-order valence-corrected chi connectivity index (χ4v) is 1.00. The fourth-order valence-electron chi connectivity index (χ4n) is 1.00. The van der Waals surface area contributed by atoms with Crippen molar-refractivity contribution in [2.24, 2.45) is 0 Å². The van der Waals surface area contributed by atoms with Gasteiger partial charge in [-0.3, -0.25) is 0 Å². The molecule has 0 bridgehead atoms. The Labute approximate surface area is 83.0 Å². The monoisotopic (exact) mass is 196 g/mol. The molecule has 1 rings (SSSR count). The van der Waals surface area contributed by atoms with E-state index in [2.05, 4.69) is 6.58 Å². The van der Waals surface area contributed by atoms with Gasteiger partial charge in [-0.15, -0.1) is 0 Å². The van der Waals surface area contributed by atoms with Gasteiger partial charge in [0.05, 0.1) is 20.3 Å². The highest BCUT2D eigenvalue weighted by atomic mass is 19.1. The minimum absolute atomic E-state index is 0.0496. The standard InChI is InChI=1S/C11H13FO2/c1-9(12)7-14-8-10-3-5-11(13-2)6-4-10/h3-6H,1,7-8H2,2H3. The van der Waals surface area contributed by atoms with E-state index < -0.39 is 5.83 Å². The first kappa shape index (κ1) is 10.7. The second kappa shape index (κ2) is 5.40. The highest BCUT2D eigenvalue weighted by molar-refractivity contribution is 5.26. The molecule has 0 aliphatic carbocycles. The normalized spacial score (nSPS) is 9.86. The SMILES string of the molecule is C=C(F)COCc1ccc(OC)cc1. The molecule has 0 aliphatic heterocycles. The molecule has 76 valence electrons. The summed E-state index contributed by atoms with van der Waals surface area (Å²) in [7, 11) is 1.61. The summed E-state index contributed by atoms with van der Waals surface area (Å²) >= 11 is 0. The third-order valence-electron chi connectivity index (χ3n) is 1.69. The predicted molar refractivity (Wildman–Crippen MR) is 52.9 cm³/mol. The number of halogens is 1. The van der Waals surface area contributed by atoms with Crippen molar-refractivity contribution in [3.63, 3.8) is 0 Å². The Morgan fingerprint density at radius 2 is 2.00 bits per heavy atom. The maximum Gasteiger partial charge on any atom is 0.118 e. The summed E-state index contributed by atoms with van der Waals surface area (Å²) in [6, 6.07) is 7.42. The summed E-state index contributed by atoms with van der Waals surface area (Å²) in [5, 5.41) is 0. The van der Waals surface area contributed by atoms with Crippen molar-refractivity contribution in [3.05, 3.63) is 42.2 Å². The molecule has 0 aromatic heterocycles. The Bertz CT molecular complexity index is 293. The summed E-state index contributed by atoms with van der Waals surface area (Å²) in [6.07, 6.45) is 0. The van der Waals surface area contributed by atoms with Crippen molar-refractivity contribution in [2.75, 3.05) is 13.7 Å². The lowest BCUT2D eigenvalue weighted by molar-refractivity contribution is 0.130. The van der Waals surface area contributed by atoms with Crippen LogP contribution < -0.4 is 4.74 Å². The van der Waals surface area contributed by atoms with Crippen LogP contribution in [0.2, 0.25) is 0 Å². The van der Waals surface area contributed by atoms with Crippen LogP contribution >= 0.6 is 0 Å². The maximum absolute atomic E-state index is 12.2. The van der Waals surface area contributed by atoms with E-state index in [0.717, 1.165) is 11.3 Å². The lowest BCUT2D eigenvalue weighted by Crippen LogP contribution is -1.95. The van der Waals surface area contributed by atoms with Gasteiger partial charge in [-0.25, -0.2) is 4.39 Å². The second-order valence-corrected chi connectivity index (χ2v) is 2.86. The molecule has 0 spiro atoms. The van der Waals surface area contributed by atoms with Crippen LogP contribution in [-0.2, 0) is 11.3 Å². The zero-order valence-corrected chi connectivity index (χ0v) is 8.13. The third-order valence-corrected chi connectivity index (χ3v) is 1.69. The third kappa shape index (κ3) is 3.58. The van der Waals surface area contributed by atoms with Gasteiger partial charge in [0.15, 0.2) is 0 Å². The van der Waals surface area contributed by atoms with Crippen LogP contribution in [0.5, 0.6) is 5.75 Å². The zero-order valence-electron chi connectivity index (χ0n) is 8.13. The Kier molecular flexibility index (Phi) is 4.13. The lowest BCUT2D eigenvalue weighted by Gasteiger charge is -2.03. The van der Waals surface area contributed by atoms with Crippen molar-refractivity contribution >= 4 is 0 Å². The Balaban J connectivity index is 2.40. The van der Waals surface area contributed by atoms with Crippen LogP contribution in [0.3, 0.4) is 0 Å². The highest BCUT2D eigenvalue weighted by Gasteiger charge is 1.95. The Hall–Kier alpha value is -1.35. The largest absolute Gasteiger partial charge is 0.497 e. The van der Waals surface area contributed by atoms with E-state index in [9.17, 15) is 4.39 Å². The molecule has 0 radical (unpaired) electrons. The topological polar surface area (TPSA) is 18.5 Å². The molecule has 1 aromatic rings. The van der Waals surface area contributed by atoms with Crippen LogP contribution in [0.25, 0.3) is 0 Å². The van der Waals surface area contributed by atoms with Crippen molar-refractivity contribution in [3.8, 4) is 5.75 Å². The molecule has 0 heterocycles. The van der Waals surface area contributed by atoms with E-state index in [1.807, 2.05) is 24.3 Å². The van der Waals surface area contributed by atoms with Gasteiger partial charge in [-0.2, -0.15) is 0 Å². The van der Waals surface area contributed by atoms with Crippen LogP contribution in [0.1, 0.15) is 5.56 Å². The van der Waals surface area contributed by atoms with E-state index in [0.29, 0.717) is 6.61 Å². The number of hydrogen-bond acceptors (Lipinski definition) is 2. The summed E-state index contributed by atoms with van der Waals surface area (Å²) in [6.45, 7) is 3.43. The van der Waals surface area contributed by atoms with Gasteiger partial charge < -0.3 is 9.47 Å². The Morgan fingerprint density at radius 1 is 1.36 bits per heavy atom. The molecular weight excluding hydrogens is 183 g/mol. The number of hydrogen-bond donors (Lipinski definition) is 0. The number of benzene rings is 1. The lowest BCUT2D eigenvalue weighted by atomic mass is 10.2. The molecule has 0 fully saturated rings. The van der Waals surface area contributed by atoms with E-state index in [1.165, 1.54) is 0 Å². The van der Waals surface area contributed by atoms with E-state index in [1.54, 1.807) is 7.11 Å².